The molecule has 3 nitrogen and oxygen atoms in total. The van der Waals surface area contributed by atoms with Crippen LogP contribution in [0.4, 0.5) is 4.39 Å². The number of hydrogen-bond donors (Lipinski definition) is 2. The topological polar surface area (TPSA) is 31.1 Å². The first kappa shape index (κ1) is 20.2. The first-order chi connectivity index (χ1) is 14.3. The molecule has 4 heterocycles. The standard InChI is InChI=1S/C25H32FN3S/c1-15-9-18(11-17-12-27-13-17)30-24(15)23-22-20(19-7-5-6-8-21(19)28-22)10-16(2)29(23)14-25(3,4)26/h5-9,16-17,23,27-28H,10-14H2,1-4H3/t16-,23+/m1/s1. The Morgan fingerprint density at radius 2 is 2.00 bits per heavy atom. The van der Waals surface area contributed by atoms with Gasteiger partial charge in [0.2, 0.25) is 0 Å². The molecule has 5 heteroatoms. The van der Waals surface area contributed by atoms with Crippen molar-refractivity contribution in [3.8, 4) is 0 Å². The fraction of sp³-hybridized carbons (Fsp3) is 0.520. The van der Waals surface area contributed by atoms with Crippen LogP contribution in [0, 0.1) is 12.8 Å². The maximum Gasteiger partial charge on any atom is 0.118 e. The Bertz CT molecular complexity index is 1060. The predicted molar refractivity (Wildman–Crippen MR) is 124 cm³/mol. The van der Waals surface area contributed by atoms with Gasteiger partial charge in [-0.2, -0.15) is 0 Å². The lowest BCUT2D eigenvalue weighted by atomic mass is 9.89. The molecular weight excluding hydrogens is 393 g/mol. The van der Waals surface area contributed by atoms with E-state index in [1.165, 1.54) is 37.5 Å². The molecule has 1 fully saturated rings. The first-order valence-corrected chi connectivity index (χ1v) is 12.0. The van der Waals surface area contributed by atoms with Crippen LogP contribution in [0.1, 0.15) is 53.4 Å². The summed E-state index contributed by atoms with van der Waals surface area (Å²) in [6.07, 6.45) is 2.10. The van der Waals surface area contributed by atoms with Crippen molar-refractivity contribution in [1.82, 2.24) is 15.2 Å². The molecule has 0 amide bonds. The summed E-state index contributed by atoms with van der Waals surface area (Å²) in [4.78, 5) is 8.97. The highest BCUT2D eigenvalue weighted by Crippen LogP contribution is 2.45. The Labute approximate surface area is 182 Å². The number of rotatable bonds is 5. The number of nitrogens with zero attached hydrogens (tertiary/aromatic N) is 1. The lowest BCUT2D eigenvalue weighted by Gasteiger charge is -2.42. The number of para-hydroxylation sites is 1. The van der Waals surface area contributed by atoms with E-state index in [9.17, 15) is 4.39 Å². The van der Waals surface area contributed by atoms with Gasteiger partial charge < -0.3 is 10.3 Å². The number of H-pyrrole nitrogens is 1. The van der Waals surface area contributed by atoms with Crippen LogP contribution in [0.15, 0.2) is 30.3 Å². The van der Waals surface area contributed by atoms with Crippen LogP contribution in [0.2, 0.25) is 0 Å². The number of thiophene rings is 1. The van der Waals surface area contributed by atoms with Crippen LogP contribution >= 0.6 is 11.3 Å². The number of alkyl halides is 1. The summed E-state index contributed by atoms with van der Waals surface area (Å²) in [6, 6.07) is 11.3. The zero-order valence-corrected chi connectivity index (χ0v) is 19.2. The van der Waals surface area contributed by atoms with E-state index in [4.69, 9.17) is 0 Å². The summed E-state index contributed by atoms with van der Waals surface area (Å²) >= 11 is 1.94. The maximum absolute atomic E-state index is 14.9. The number of aromatic nitrogens is 1. The summed E-state index contributed by atoms with van der Waals surface area (Å²) in [5.41, 5.74) is 3.97. The second-order valence-corrected chi connectivity index (χ2v) is 11.1. The molecule has 2 atom stereocenters. The Kier molecular flexibility index (Phi) is 5.04. The molecule has 5 rings (SSSR count). The van der Waals surface area contributed by atoms with E-state index < -0.39 is 5.67 Å². The first-order valence-electron chi connectivity index (χ1n) is 11.1. The molecule has 2 aromatic heterocycles. The van der Waals surface area contributed by atoms with Gasteiger partial charge in [0.05, 0.1) is 6.04 Å². The molecule has 0 saturated carbocycles. The number of nitrogens with one attached hydrogen (secondary N) is 2. The number of benzene rings is 1. The minimum atomic E-state index is -1.23. The molecule has 2 aliphatic rings. The van der Waals surface area contributed by atoms with Crippen molar-refractivity contribution in [1.29, 1.82) is 0 Å². The molecule has 0 aliphatic carbocycles. The van der Waals surface area contributed by atoms with Gasteiger partial charge >= 0.3 is 0 Å². The van der Waals surface area contributed by atoms with Gasteiger partial charge in [-0.05, 0) is 82.8 Å². The van der Waals surface area contributed by atoms with Crippen LogP contribution in [0.25, 0.3) is 10.9 Å². The van der Waals surface area contributed by atoms with Crippen LogP contribution in [0.5, 0.6) is 0 Å². The van der Waals surface area contributed by atoms with Crippen LogP contribution in [0.3, 0.4) is 0 Å². The molecule has 2 aliphatic heterocycles. The summed E-state index contributed by atoms with van der Waals surface area (Å²) in [7, 11) is 0. The van der Waals surface area contributed by atoms with Gasteiger partial charge in [-0.25, -0.2) is 4.39 Å². The van der Waals surface area contributed by atoms with Gasteiger partial charge in [-0.3, -0.25) is 4.90 Å². The van der Waals surface area contributed by atoms with Gasteiger partial charge in [-0.1, -0.05) is 18.2 Å². The minimum Gasteiger partial charge on any atom is -0.357 e. The fourth-order valence-corrected chi connectivity index (χ4v) is 6.61. The second-order valence-electron chi connectivity index (χ2n) is 9.90. The highest BCUT2D eigenvalue weighted by Gasteiger charge is 2.39. The number of aromatic amines is 1. The quantitative estimate of drug-likeness (QED) is 0.575. The van der Waals surface area contributed by atoms with Crippen molar-refractivity contribution >= 4 is 22.2 Å². The molecule has 3 aromatic rings. The molecule has 30 heavy (non-hydrogen) atoms. The molecular formula is C25H32FN3S. The molecule has 2 N–H and O–H groups in total. The SMILES string of the molecule is Cc1cc(CC2CNC2)sc1[C@@H]1c2[nH]c3ccccc3c2C[C@@H](C)N1CC(C)(C)F. The highest BCUT2D eigenvalue weighted by molar-refractivity contribution is 7.12. The lowest BCUT2D eigenvalue weighted by molar-refractivity contribution is 0.0677. The normalized spacial score (nSPS) is 23.0. The van der Waals surface area contributed by atoms with Crippen molar-refractivity contribution < 1.29 is 4.39 Å². The number of halogens is 1. The van der Waals surface area contributed by atoms with Crippen molar-refractivity contribution in [2.24, 2.45) is 5.92 Å². The monoisotopic (exact) mass is 425 g/mol. The summed E-state index contributed by atoms with van der Waals surface area (Å²) < 4.78 is 14.9. The average Bonchev–Trinajstić information content (AvgIpc) is 3.18. The number of fused-ring (bicyclic) bond motifs is 3. The molecule has 0 bridgehead atoms. The van der Waals surface area contributed by atoms with Crippen LogP contribution < -0.4 is 5.32 Å². The van der Waals surface area contributed by atoms with E-state index in [-0.39, 0.29) is 12.1 Å². The van der Waals surface area contributed by atoms with E-state index in [1.807, 2.05) is 11.3 Å². The Morgan fingerprint density at radius 1 is 1.23 bits per heavy atom. The van der Waals surface area contributed by atoms with Gasteiger partial charge in [0.1, 0.15) is 5.67 Å². The van der Waals surface area contributed by atoms with Crippen molar-refractivity contribution in [3.63, 3.8) is 0 Å². The zero-order chi connectivity index (χ0) is 21.0. The highest BCUT2D eigenvalue weighted by atomic mass is 32.1. The third-order valence-electron chi connectivity index (χ3n) is 6.69. The number of aryl methyl sites for hydroxylation is 1. The molecule has 1 aromatic carbocycles. The molecule has 0 radical (unpaired) electrons. The van der Waals surface area contributed by atoms with Crippen molar-refractivity contribution in [2.75, 3.05) is 19.6 Å². The Morgan fingerprint density at radius 3 is 2.70 bits per heavy atom. The van der Waals surface area contributed by atoms with E-state index >= 15 is 0 Å². The Balaban J connectivity index is 1.62. The predicted octanol–water partition coefficient (Wildman–Crippen LogP) is 5.38. The largest absolute Gasteiger partial charge is 0.357 e. The molecule has 160 valence electrons. The van der Waals surface area contributed by atoms with Gasteiger partial charge in [0.25, 0.3) is 0 Å². The van der Waals surface area contributed by atoms with E-state index in [1.54, 1.807) is 13.8 Å². The van der Waals surface area contributed by atoms with Crippen LogP contribution in [-0.2, 0) is 12.8 Å². The fourth-order valence-electron chi connectivity index (χ4n) is 5.18. The van der Waals surface area contributed by atoms with E-state index in [2.05, 4.69) is 59.4 Å². The van der Waals surface area contributed by atoms with Crippen LogP contribution in [-0.4, -0.2) is 41.2 Å². The second kappa shape index (κ2) is 7.47. The smallest absolute Gasteiger partial charge is 0.118 e. The molecule has 0 unspecified atom stereocenters. The van der Waals surface area contributed by atoms with Crippen molar-refractivity contribution in [3.05, 3.63) is 56.9 Å². The summed E-state index contributed by atoms with van der Waals surface area (Å²) in [5, 5.41) is 4.70. The third-order valence-corrected chi connectivity index (χ3v) is 8.00. The third kappa shape index (κ3) is 3.61. The summed E-state index contributed by atoms with van der Waals surface area (Å²) in [5.74, 6) is 0.755. The maximum atomic E-state index is 14.9. The zero-order valence-electron chi connectivity index (χ0n) is 18.4. The average molecular weight is 426 g/mol. The van der Waals surface area contributed by atoms with E-state index in [0.29, 0.717) is 6.54 Å². The molecule has 1 saturated heterocycles. The van der Waals surface area contributed by atoms with Gasteiger partial charge in [0.15, 0.2) is 0 Å². The Hall–Kier alpha value is -1.69. The van der Waals surface area contributed by atoms with Gasteiger partial charge in [0, 0.05) is 38.9 Å². The lowest BCUT2D eigenvalue weighted by Crippen LogP contribution is -2.47. The van der Waals surface area contributed by atoms with E-state index in [0.717, 1.165) is 31.8 Å². The summed E-state index contributed by atoms with van der Waals surface area (Å²) in [6.45, 7) is 10.6. The van der Waals surface area contributed by atoms with Crippen molar-refractivity contribution in [2.45, 2.75) is 58.3 Å². The molecule has 0 spiro atoms. The number of hydrogen-bond acceptors (Lipinski definition) is 3. The van der Waals surface area contributed by atoms with Gasteiger partial charge in [-0.15, -0.1) is 11.3 Å². The minimum absolute atomic E-state index is 0.0874.